The highest BCUT2D eigenvalue weighted by atomic mass is 19.1. The van der Waals surface area contributed by atoms with Gasteiger partial charge in [-0.05, 0) is 43.7 Å². The van der Waals surface area contributed by atoms with Crippen molar-refractivity contribution in [2.24, 2.45) is 0 Å². The first-order valence-corrected chi connectivity index (χ1v) is 12.0. The van der Waals surface area contributed by atoms with Gasteiger partial charge in [-0.3, -0.25) is 0 Å². The normalized spacial score (nSPS) is 19.4. The molecule has 3 heterocycles. The maximum absolute atomic E-state index is 13.6. The van der Waals surface area contributed by atoms with Crippen molar-refractivity contribution in [3.63, 3.8) is 0 Å². The molecule has 1 amide bonds. The van der Waals surface area contributed by atoms with E-state index in [1.54, 1.807) is 38.4 Å². The summed E-state index contributed by atoms with van der Waals surface area (Å²) in [5.74, 6) is 0.475. The molecule has 3 N–H and O–H groups in total. The van der Waals surface area contributed by atoms with Crippen LogP contribution in [0.3, 0.4) is 0 Å². The highest BCUT2D eigenvalue weighted by Gasteiger charge is 2.38. The van der Waals surface area contributed by atoms with Crippen molar-refractivity contribution < 1.29 is 28.1 Å². The molecule has 11 nitrogen and oxygen atoms in total. The summed E-state index contributed by atoms with van der Waals surface area (Å²) in [5, 5.41) is 5.78. The monoisotopic (exact) mass is 514 g/mol. The fraction of sp³-hybridized carbons (Fsp3) is 0.440. The SMILES string of the molecule is CCCNC(=O)OC1(C)COC(c2nc(-c3ccc(F)cc3)c(-c3ccnc(NCCOC)n3)[nH]2)OC1. The van der Waals surface area contributed by atoms with E-state index in [1.165, 1.54) is 12.1 Å². The second-order valence-corrected chi connectivity index (χ2v) is 8.76. The Morgan fingerprint density at radius 2 is 1.95 bits per heavy atom. The molecule has 2 aromatic heterocycles. The molecule has 1 aliphatic heterocycles. The average molecular weight is 515 g/mol. The van der Waals surface area contributed by atoms with Crippen LogP contribution in [0.15, 0.2) is 36.5 Å². The lowest BCUT2D eigenvalue weighted by Crippen LogP contribution is -2.48. The number of ether oxygens (including phenoxy) is 4. The molecule has 4 rings (SSSR count). The van der Waals surface area contributed by atoms with Gasteiger partial charge >= 0.3 is 6.09 Å². The standard InChI is InChI=1S/C25H31FN6O5/c1-4-10-29-24(33)37-25(2)14-35-22(36-15-25)21-31-19(16-5-7-17(26)8-6-16)20(32-21)18-9-11-27-23(30-18)28-12-13-34-3/h5-9,11,22H,4,10,12-15H2,1-3H3,(H,29,33)(H,31,32)(H,27,28,30). The minimum atomic E-state index is -0.945. The van der Waals surface area contributed by atoms with E-state index in [0.29, 0.717) is 54.1 Å². The quantitative estimate of drug-likeness (QED) is 0.347. The van der Waals surface area contributed by atoms with Gasteiger partial charge in [0.1, 0.15) is 5.82 Å². The van der Waals surface area contributed by atoms with E-state index in [2.05, 4.69) is 25.6 Å². The van der Waals surface area contributed by atoms with E-state index >= 15 is 0 Å². The molecule has 1 aliphatic rings. The summed E-state index contributed by atoms with van der Waals surface area (Å²) in [6.07, 6.45) is 1.08. The number of nitrogens with zero attached hydrogens (tertiary/aromatic N) is 3. The van der Waals surface area contributed by atoms with Crippen molar-refractivity contribution >= 4 is 12.0 Å². The van der Waals surface area contributed by atoms with Crippen LogP contribution in [0.25, 0.3) is 22.6 Å². The lowest BCUT2D eigenvalue weighted by molar-refractivity contribution is -0.253. The number of rotatable bonds is 10. The van der Waals surface area contributed by atoms with Crippen LogP contribution in [0.5, 0.6) is 0 Å². The number of anilines is 1. The molecule has 0 spiro atoms. The molecule has 0 bridgehead atoms. The second-order valence-electron chi connectivity index (χ2n) is 8.76. The van der Waals surface area contributed by atoms with Gasteiger partial charge in [-0.2, -0.15) is 0 Å². The summed E-state index contributed by atoms with van der Waals surface area (Å²) in [6, 6.07) is 7.75. The van der Waals surface area contributed by atoms with Crippen molar-refractivity contribution in [2.45, 2.75) is 32.2 Å². The van der Waals surface area contributed by atoms with E-state index < -0.39 is 18.0 Å². The number of methoxy groups -OCH3 is 1. The molecule has 1 aromatic carbocycles. The molecule has 0 aliphatic carbocycles. The van der Waals surface area contributed by atoms with Crippen LogP contribution in [0.1, 0.15) is 32.4 Å². The van der Waals surface area contributed by atoms with Crippen LogP contribution < -0.4 is 10.6 Å². The number of benzene rings is 1. The van der Waals surface area contributed by atoms with Gasteiger partial charge in [-0.25, -0.2) is 24.1 Å². The third-order valence-electron chi connectivity index (χ3n) is 5.50. The first kappa shape index (κ1) is 26.5. The Kier molecular flexibility index (Phi) is 8.64. The molecule has 1 saturated heterocycles. The van der Waals surface area contributed by atoms with E-state index in [0.717, 1.165) is 6.42 Å². The van der Waals surface area contributed by atoms with Gasteiger partial charge < -0.3 is 34.6 Å². The number of amides is 1. The number of nitrogens with one attached hydrogen (secondary N) is 3. The van der Waals surface area contributed by atoms with Crippen molar-refractivity contribution in [1.29, 1.82) is 0 Å². The Balaban J connectivity index is 1.57. The minimum Gasteiger partial charge on any atom is -0.438 e. The molecule has 0 saturated carbocycles. The maximum atomic E-state index is 13.6. The van der Waals surface area contributed by atoms with Gasteiger partial charge in [-0.15, -0.1) is 0 Å². The number of alkyl carbamates (subject to hydrolysis) is 1. The molecule has 1 fully saturated rings. The summed E-state index contributed by atoms with van der Waals surface area (Å²) < 4.78 is 36.0. The number of halogens is 1. The second kappa shape index (κ2) is 12.1. The summed E-state index contributed by atoms with van der Waals surface area (Å²) in [7, 11) is 1.62. The van der Waals surface area contributed by atoms with Crippen LogP contribution in [0, 0.1) is 5.82 Å². The predicted molar refractivity (Wildman–Crippen MR) is 133 cm³/mol. The largest absolute Gasteiger partial charge is 0.438 e. The Bertz CT molecular complexity index is 1180. The van der Waals surface area contributed by atoms with Gasteiger partial charge in [0.05, 0.1) is 36.9 Å². The molecule has 3 aromatic rings. The number of imidazole rings is 1. The molecular formula is C25H31FN6O5. The number of aromatic nitrogens is 4. The maximum Gasteiger partial charge on any atom is 0.407 e. The van der Waals surface area contributed by atoms with E-state index in [4.69, 9.17) is 23.9 Å². The number of hydrogen-bond donors (Lipinski definition) is 3. The molecule has 0 unspecified atom stereocenters. The Morgan fingerprint density at radius 3 is 2.65 bits per heavy atom. The third-order valence-corrected chi connectivity index (χ3v) is 5.50. The van der Waals surface area contributed by atoms with Crippen LogP contribution in [0.4, 0.5) is 15.1 Å². The van der Waals surface area contributed by atoms with Gasteiger partial charge in [0, 0.05) is 32.0 Å². The van der Waals surface area contributed by atoms with E-state index in [-0.39, 0.29) is 19.0 Å². The Labute approximate surface area is 214 Å². The summed E-state index contributed by atoms with van der Waals surface area (Å²) in [5.41, 5.74) is 1.45. The van der Waals surface area contributed by atoms with Gasteiger partial charge in [0.25, 0.3) is 0 Å². The highest BCUT2D eigenvalue weighted by Crippen LogP contribution is 2.34. The summed E-state index contributed by atoms with van der Waals surface area (Å²) in [6.45, 7) is 5.48. The summed E-state index contributed by atoms with van der Waals surface area (Å²) >= 11 is 0. The van der Waals surface area contributed by atoms with E-state index in [9.17, 15) is 9.18 Å². The lowest BCUT2D eigenvalue weighted by Gasteiger charge is -2.35. The fourth-order valence-electron chi connectivity index (χ4n) is 3.65. The lowest BCUT2D eigenvalue weighted by atomic mass is 10.1. The smallest absolute Gasteiger partial charge is 0.407 e. The first-order valence-electron chi connectivity index (χ1n) is 12.0. The van der Waals surface area contributed by atoms with Crippen molar-refractivity contribution in [1.82, 2.24) is 25.3 Å². The van der Waals surface area contributed by atoms with Crippen molar-refractivity contribution in [2.75, 3.05) is 45.3 Å². The molecule has 37 heavy (non-hydrogen) atoms. The number of H-pyrrole nitrogens is 1. The van der Waals surface area contributed by atoms with Gasteiger partial charge in [-0.1, -0.05) is 6.92 Å². The van der Waals surface area contributed by atoms with Crippen LogP contribution >= 0.6 is 0 Å². The molecular weight excluding hydrogens is 483 g/mol. The zero-order valence-corrected chi connectivity index (χ0v) is 21.0. The number of carbonyl (C=O) groups excluding carboxylic acids is 1. The van der Waals surface area contributed by atoms with Gasteiger partial charge in [0.15, 0.2) is 11.4 Å². The Hall–Kier alpha value is -3.61. The van der Waals surface area contributed by atoms with Crippen LogP contribution in [-0.4, -0.2) is 71.7 Å². The predicted octanol–water partition coefficient (Wildman–Crippen LogP) is 3.67. The van der Waals surface area contributed by atoms with Gasteiger partial charge in [0.2, 0.25) is 12.2 Å². The molecule has 0 atom stereocenters. The van der Waals surface area contributed by atoms with E-state index in [1.807, 2.05) is 6.92 Å². The fourth-order valence-corrected chi connectivity index (χ4v) is 3.65. The average Bonchev–Trinajstić information content (AvgIpc) is 3.34. The topological polar surface area (TPSA) is 133 Å². The molecule has 198 valence electrons. The third kappa shape index (κ3) is 6.79. The molecule has 12 heteroatoms. The first-order chi connectivity index (χ1) is 17.9. The highest BCUT2D eigenvalue weighted by molar-refractivity contribution is 5.77. The minimum absolute atomic E-state index is 0.111. The van der Waals surface area contributed by atoms with Crippen molar-refractivity contribution in [3.8, 4) is 22.6 Å². The van der Waals surface area contributed by atoms with Crippen LogP contribution in [0.2, 0.25) is 0 Å². The Morgan fingerprint density at radius 1 is 1.19 bits per heavy atom. The zero-order valence-electron chi connectivity index (χ0n) is 21.0. The number of hydrogen-bond acceptors (Lipinski definition) is 9. The molecule has 0 radical (unpaired) electrons. The summed E-state index contributed by atoms with van der Waals surface area (Å²) in [4.78, 5) is 28.8. The number of carbonyl (C=O) groups is 1. The number of aromatic amines is 1. The van der Waals surface area contributed by atoms with Crippen molar-refractivity contribution in [3.05, 3.63) is 48.2 Å². The zero-order chi connectivity index (χ0) is 26.3. The van der Waals surface area contributed by atoms with Crippen LogP contribution in [-0.2, 0) is 18.9 Å².